The van der Waals surface area contributed by atoms with Gasteiger partial charge in [0, 0.05) is 20.3 Å². The largest absolute Gasteiger partial charge is 0.444 e. The molecule has 0 aromatic heterocycles. The van der Waals surface area contributed by atoms with Gasteiger partial charge in [0.05, 0.1) is 18.8 Å². The Balaban J connectivity index is 2.00. The Morgan fingerprint density at radius 3 is 2.56 bits per heavy atom. The van der Waals surface area contributed by atoms with Crippen LogP contribution in [0, 0.1) is 17.8 Å². The van der Waals surface area contributed by atoms with E-state index in [4.69, 9.17) is 19.9 Å². The first-order valence-corrected chi connectivity index (χ1v) is 9.53. The summed E-state index contributed by atoms with van der Waals surface area (Å²) in [4.78, 5) is 14.8. The van der Waals surface area contributed by atoms with Crippen molar-refractivity contribution in [2.24, 2.45) is 23.5 Å². The summed E-state index contributed by atoms with van der Waals surface area (Å²) in [6.07, 6.45) is 2.80. The van der Waals surface area contributed by atoms with Gasteiger partial charge in [-0.25, -0.2) is 4.79 Å². The Morgan fingerprint density at radius 2 is 1.96 bits per heavy atom. The first kappa shape index (κ1) is 20.5. The topological polar surface area (TPSA) is 74.0 Å². The Hall–Kier alpha value is -0.850. The highest BCUT2D eigenvalue weighted by molar-refractivity contribution is 5.71. The lowest BCUT2D eigenvalue weighted by atomic mass is 9.87. The number of carbonyl (C=O) groups excluding carboxylic acids is 1. The van der Waals surface area contributed by atoms with Crippen LogP contribution in [0.4, 0.5) is 4.79 Å². The quantitative estimate of drug-likeness (QED) is 0.677. The van der Waals surface area contributed by atoms with Crippen molar-refractivity contribution in [3.63, 3.8) is 0 Å². The number of carbonyl (C=O) groups is 1. The third-order valence-electron chi connectivity index (χ3n) is 5.73. The van der Waals surface area contributed by atoms with E-state index >= 15 is 0 Å². The van der Waals surface area contributed by atoms with E-state index in [0.29, 0.717) is 44.1 Å². The van der Waals surface area contributed by atoms with Crippen LogP contribution in [0.3, 0.4) is 0 Å². The van der Waals surface area contributed by atoms with Crippen molar-refractivity contribution in [3.05, 3.63) is 0 Å². The fourth-order valence-electron chi connectivity index (χ4n) is 4.38. The van der Waals surface area contributed by atoms with Gasteiger partial charge in [-0.3, -0.25) is 0 Å². The SMILES string of the molecule is COCCOCCC1CN(C(=O)OC(C)(C)C)C2(CC2CCN)C1C. The minimum atomic E-state index is -0.471. The summed E-state index contributed by atoms with van der Waals surface area (Å²) in [5.41, 5.74) is 5.26. The number of ether oxygens (including phenoxy) is 3. The molecule has 1 saturated carbocycles. The van der Waals surface area contributed by atoms with Gasteiger partial charge in [-0.1, -0.05) is 6.92 Å². The van der Waals surface area contributed by atoms with Gasteiger partial charge in [0.15, 0.2) is 0 Å². The molecule has 0 aromatic rings. The summed E-state index contributed by atoms with van der Waals surface area (Å²) in [6, 6.07) is 0. The smallest absolute Gasteiger partial charge is 0.410 e. The fraction of sp³-hybridized carbons (Fsp3) is 0.947. The second-order valence-corrected chi connectivity index (χ2v) is 8.50. The van der Waals surface area contributed by atoms with Gasteiger partial charge >= 0.3 is 6.09 Å². The molecule has 0 aromatic carbocycles. The minimum Gasteiger partial charge on any atom is -0.444 e. The van der Waals surface area contributed by atoms with Crippen LogP contribution in [0.1, 0.15) is 47.0 Å². The van der Waals surface area contributed by atoms with Crippen molar-refractivity contribution in [1.82, 2.24) is 4.90 Å². The number of amides is 1. The highest BCUT2D eigenvalue weighted by atomic mass is 16.6. The molecule has 4 atom stereocenters. The molecule has 1 spiro atoms. The van der Waals surface area contributed by atoms with Crippen LogP contribution in [0.5, 0.6) is 0 Å². The van der Waals surface area contributed by atoms with Crippen molar-refractivity contribution in [2.45, 2.75) is 58.1 Å². The predicted molar refractivity (Wildman–Crippen MR) is 97.4 cm³/mol. The summed E-state index contributed by atoms with van der Waals surface area (Å²) in [5.74, 6) is 1.39. The highest BCUT2D eigenvalue weighted by Crippen LogP contribution is 2.61. The Morgan fingerprint density at radius 1 is 1.24 bits per heavy atom. The molecule has 6 heteroatoms. The van der Waals surface area contributed by atoms with Gasteiger partial charge < -0.3 is 24.8 Å². The van der Waals surface area contributed by atoms with Gasteiger partial charge in [0.25, 0.3) is 0 Å². The molecule has 2 rings (SSSR count). The second kappa shape index (κ2) is 8.23. The molecule has 1 aliphatic heterocycles. The van der Waals surface area contributed by atoms with Crippen molar-refractivity contribution in [1.29, 1.82) is 0 Å². The third-order valence-corrected chi connectivity index (χ3v) is 5.73. The van der Waals surface area contributed by atoms with E-state index in [1.165, 1.54) is 0 Å². The Labute approximate surface area is 152 Å². The summed E-state index contributed by atoms with van der Waals surface area (Å²) in [6.45, 7) is 11.4. The van der Waals surface area contributed by atoms with Crippen molar-refractivity contribution >= 4 is 6.09 Å². The van der Waals surface area contributed by atoms with E-state index < -0.39 is 5.60 Å². The molecule has 1 heterocycles. The van der Waals surface area contributed by atoms with E-state index in [1.54, 1.807) is 7.11 Å². The molecule has 1 amide bonds. The molecule has 6 nitrogen and oxygen atoms in total. The lowest BCUT2D eigenvalue weighted by Crippen LogP contribution is -2.44. The zero-order chi connectivity index (χ0) is 18.7. The standard InChI is InChI=1S/C19H36N2O4/c1-14-15(7-9-24-11-10-23-5)13-21(17(22)25-18(2,3)4)19(14)12-16(19)6-8-20/h14-16H,6-13,20H2,1-5H3. The molecular formula is C19H36N2O4. The van der Waals surface area contributed by atoms with Crippen LogP contribution in [-0.4, -0.2) is 62.2 Å². The van der Waals surface area contributed by atoms with E-state index in [1.807, 2.05) is 25.7 Å². The van der Waals surface area contributed by atoms with Gasteiger partial charge in [-0.15, -0.1) is 0 Å². The zero-order valence-electron chi connectivity index (χ0n) is 16.5. The minimum absolute atomic E-state index is 0.0566. The van der Waals surface area contributed by atoms with Crippen molar-refractivity contribution in [3.8, 4) is 0 Å². The Kier molecular flexibility index (Phi) is 6.74. The van der Waals surface area contributed by atoms with Crippen LogP contribution in [0.25, 0.3) is 0 Å². The number of nitrogens with zero attached hydrogens (tertiary/aromatic N) is 1. The van der Waals surface area contributed by atoms with Crippen LogP contribution >= 0.6 is 0 Å². The molecule has 0 radical (unpaired) electrons. The van der Waals surface area contributed by atoms with Crippen molar-refractivity contribution in [2.75, 3.05) is 40.0 Å². The number of hydrogen-bond acceptors (Lipinski definition) is 5. The van der Waals surface area contributed by atoms with Crippen LogP contribution in [0.15, 0.2) is 0 Å². The van der Waals surface area contributed by atoms with Crippen LogP contribution < -0.4 is 5.73 Å². The lowest BCUT2D eigenvalue weighted by molar-refractivity contribution is 0.0162. The molecular weight excluding hydrogens is 320 g/mol. The van der Waals surface area contributed by atoms with E-state index in [9.17, 15) is 4.79 Å². The molecule has 1 aliphatic carbocycles. The maximum Gasteiger partial charge on any atom is 0.410 e. The summed E-state index contributed by atoms with van der Waals surface area (Å²) >= 11 is 0. The summed E-state index contributed by atoms with van der Waals surface area (Å²) in [5, 5.41) is 0. The average Bonchev–Trinajstić information content (AvgIpc) is 3.15. The summed E-state index contributed by atoms with van der Waals surface area (Å²) in [7, 11) is 1.68. The molecule has 25 heavy (non-hydrogen) atoms. The number of rotatable bonds is 8. The van der Waals surface area contributed by atoms with E-state index in [2.05, 4.69) is 6.92 Å². The molecule has 4 unspecified atom stereocenters. The monoisotopic (exact) mass is 356 g/mol. The van der Waals surface area contributed by atoms with Crippen LogP contribution in [-0.2, 0) is 14.2 Å². The van der Waals surface area contributed by atoms with E-state index in [0.717, 1.165) is 25.8 Å². The van der Waals surface area contributed by atoms with Crippen LogP contribution in [0.2, 0.25) is 0 Å². The Bertz CT molecular complexity index is 451. The highest BCUT2D eigenvalue weighted by Gasteiger charge is 2.67. The summed E-state index contributed by atoms with van der Waals surface area (Å²) < 4.78 is 16.3. The third kappa shape index (κ3) is 4.66. The predicted octanol–water partition coefficient (Wildman–Crippen LogP) is 2.65. The zero-order valence-corrected chi connectivity index (χ0v) is 16.5. The van der Waals surface area contributed by atoms with Gasteiger partial charge in [0.2, 0.25) is 0 Å². The molecule has 146 valence electrons. The molecule has 0 bridgehead atoms. The molecule has 1 saturated heterocycles. The van der Waals surface area contributed by atoms with Crippen molar-refractivity contribution < 1.29 is 19.0 Å². The van der Waals surface area contributed by atoms with E-state index in [-0.39, 0.29) is 11.6 Å². The maximum absolute atomic E-state index is 12.8. The average molecular weight is 357 g/mol. The van der Waals surface area contributed by atoms with Gasteiger partial charge in [0.1, 0.15) is 5.60 Å². The molecule has 2 fully saturated rings. The maximum atomic E-state index is 12.8. The number of likely N-dealkylation sites (tertiary alicyclic amines) is 1. The second-order valence-electron chi connectivity index (χ2n) is 8.50. The lowest BCUT2D eigenvalue weighted by Gasteiger charge is -2.31. The first-order chi connectivity index (χ1) is 11.8. The number of hydrogen-bond donors (Lipinski definition) is 1. The molecule has 2 N–H and O–H groups in total. The number of methoxy groups -OCH3 is 1. The first-order valence-electron chi connectivity index (χ1n) is 9.53. The normalized spacial score (nSPS) is 31.6. The van der Waals surface area contributed by atoms with Gasteiger partial charge in [-0.05, 0) is 64.3 Å². The fourth-order valence-corrected chi connectivity index (χ4v) is 4.38. The number of nitrogens with two attached hydrogens (primary N) is 1. The molecule has 2 aliphatic rings. The van der Waals surface area contributed by atoms with Gasteiger partial charge in [-0.2, -0.15) is 0 Å².